The van der Waals surface area contributed by atoms with E-state index in [-0.39, 0.29) is 24.5 Å². The van der Waals surface area contributed by atoms with Gasteiger partial charge in [0.1, 0.15) is 12.6 Å². The van der Waals surface area contributed by atoms with Crippen molar-refractivity contribution < 1.29 is 19.1 Å². The van der Waals surface area contributed by atoms with E-state index in [0.717, 1.165) is 5.56 Å². The van der Waals surface area contributed by atoms with Crippen molar-refractivity contribution in [2.24, 2.45) is 11.8 Å². The Balaban J connectivity index is 1.50. The lowest BCUT2D eigenvalue weighted by Crippen LogP contribution is -2.51. The van der Waals surface area contributed by atoms with E-state index in [2.05, 4.69) is 0 Å². The van der Waals surface area contributed by atoms with Gasteiger partial charge in [0.25, 0.3) is 0 Å². The molecule has 3 heterocycles. The van der Waals surface area contributed by atoms with E-state index in [1.807, 2.05) is 41.3 Å². The van der Waals surface area contributed by atoms with Gasteiger partial charge in [0.2, 0.25) is 11.8 Å². The van der Waals surface area contributed by atoms with Gasteiger partial charge in [0.15, 0.2) is 0 Å². The lowest BCUT2D eigenvalue weighted by Gasteiger charge is -2.38. The first-order chi connectivity index (χ1) is 13.2. The summed E-state index contributed by atoms with van der Waals surface area (Å²) in [5.41, 5.74) is 1.58. The second-order valence-electron chi connectivity index (χ2n) is 7.18. The fraction of sp³-hybridized carbons (Fsp3) is 0.286. The Morgan fingerprint density at radius 3 is 2.22 bits per heavy atom. The van der Waals surface area contributed by atoms with Crippen LogP contribution in [0.15, 0.2) is 60.7 Å². The van der Waals surface area contributed by atoms with Gasteiger partial charge in [-0.05, 0) is 17.7 Å². The number of morpholine rings is 1. The van der Waals surface area contributed by atoms with E-state index in [1.54, 1.807) is 24.3 Å². The van der Waals surface area contributed by atoms with Crippen LogP contribution in [0.5, 0.6) is 0 Å². The average molecular weight is 362 g/mol. The first-order valence-electron chi connectivity index (χ1n) is 9.07. The highest BCUT2D eigenvalue weighted by Crippen LogP contribution is 2.45. The number of esters is 1. The third kappa shape index (κ3) is 2.33. The molecule has 0 aliphatic carbocycles. The molecule has 4 atom stereocenters. The van der Waals surface area contributed by atoms with Crippen molar-refractivity contribution in [2.45, 2.75) is 12.1 Å². The number of ether oxygens (including phenoxy) is 1. The zero-order valence-electron chi connectivity index (χ0n) is 14.5. The second kappa shape index (κ2) is 6.03. The Bertz CT molecular complexity index is 914. The van der Waals surface area contributed by atoms with E-state index in [9.17, 15) is 14.4 Å². The van der Waals surface area contributed by atoms with Crippen molar-refractivity contribution in [3.8, 4) is 0 Å². The Morgan fingerprint density at radius 1 is 0.852 bits per heavy atom. The molecule has 0 bridgehead atoms. The van der Waals surface area contributed by atoms with E-state index < -0.39 is 23.8 Å². The minimum absolute atomic E-state index is 0.134. The van der Waals surface area contributed by atoms with Crippen LogP contribution >= 0.6 is 0 Å². The maximum Gasteiger partial charge on any atom is 0.324 e. The molecule has 0 N–H and O–H groups in total. The molecule has 3 aliphatic heterocycles. The summed E-state index contributed by atoms with van der Waals surface area (Å²) in [6.07, 6.45) is 0. The van der Waals surface area contributed by atoms with Gasteiger partial charge in [-0.3, -0.25) is 19.3 Å². The number of nitrogens with zero attached hydrogens (tertiary/aromatic N) is 2. The van der Waals surface area contributed by atoms with Crippen LogP contribution in [0, 0.1) is 11.8 Å². The van der Waals surface area contributed by atoms with Crippen LogP contribution in [0.1, 0.15) is 11.6 Å². The number of anilines is 1. The summed E-state index contributed by atoms with van der Waals surface area (Å²) in [6.45, 7) is 0.626. The highest BCUT2D eigenvalue weighted by atomic mass is 16.5. The van der Waals surface area contributed by atoms with Crippen LogP contribution in [0.25, 0.3) is 0 Å². The smallest absolute Gasteiger partial charge is 0.324 e. The van der Waals surface area contributed by atoms with Crippen molar-refractivity contribution in [1.29, 1.82) is 0 Å². The predicted octanol–water partition coefficient (Wildman–Crippen LogP) is 1.77. The van der Waals surface area contributed by atoms with Crippen molar-refractivity contribution >= 4 is 23.5 Å². The van der Waals surface area contributed by atoms with Gasteiger partial charge in [0, 0.05) is 6.54 Å². The molecule has 2 amide bonds. The molecule has 0 unspecified atom stereocenters. The summed E-state index contributed by atoms with van der Waals surface area (Å²) in [5.74, 6) is -2.15. The number of carbonyl (C=O) groups is 3. The van der Waals surface area contributed by atoms with E-state index in [4.69, 9.17) is 4.74 Å². The number of fused-ring (bicyclic) bond motifs is 3. The van der Waals surface area contributed by atoms with Crippen LogP contribution in [0.2, 0.25) is 0 Å². The molecule has 0 spiro atoms. The molecule has 0 aromatic heterocycles. The zero-order chi connectivity index (χ0) is 18.5. The van der Waals surface area contributed by atoms with Gasteiger partial charge in [-0.1, -0.05) is 48.5 Å². The van der Waals surface area contributed by atoms with Gasteiger partial charge >= 0.3 is 5.97 Å². The van der Waals surface area contributed by atoms with Gasteiger partial charge in [-0.15, -0.1) is 0 Å². The molecule has 6 nitrogen and oxygen atoms in total. The summed E-state index contributed by atoms with van der Waals surface area (Å²) >= 11 is 0. The largest absolute Gasteiger partial charge is 0.462 e. The summed E-state index contributed by atoms with van der Waals surface area (Å²) < 4.78 is 5.43. The zero-order valence-corrected chi connectivity index (χ0v) is 14.5. The standard InChI is InChI=1S/C21H18N2O4/c24-19-15-11-22-16(13-7-3-1-4-8-13)12-27-21(26)18(22)17(15)20(25)23(19)14-9-5-2-6-10-14/h1-10,15-18H,11-12H2/t15-,16+,17-,18-/m1/s1. The third-order valence-corrected chi connectivity index (χ3v) is 5.81. The Hall–Kier alpha value is -2.99. The lowest BCUT2D eigenvalue weighted by molar-refractivity contribution is -0.163. The molecule has 136 valence electrons. The van der Waals surface area contributed by atoms with E-state index in [0.29, 0.717) is 12.2 Å². The Kier molecular flexibility index (Phi) is 3.62. The number of amides is 2. The lowest BCUT2D eigenvalue weighted by atomic mass is 9.92. The summed E-state index contributed by atoms with van der Waals surface area (Å²) in [6, 6.07) is 17.8. The number of para-hydroxylation sites is 1. The molecule has 6 heteroatoms. The van der Waals surface area contributed by atoms with Gasteiger partial charge < -0.3 is 4.74 Å². The molecular weight excluding hydrogens is 344 g/mol. The summed E-state index contributed by atoms with van der Waals surface area (Å²) in [7, 11) is 0. The monoisotopic (exact) mass is 362 g/mol. The first kappa shape index (κ1) is 16.2. The van der Waals surface area contributed by atoms with Crippen molar-refractivity contribution in [1.82, 2.24) is 4.90 Å². The number of carbonyl (C=O) groups excluding carboxylic acids is 3. The minimum Gasteiger partial charge on any atom is -0.462 e. The molecule has 3 fully saturated rings. The average Bonchev–Trinajstić information content (AvgIpc) is 3.21. The number of rotatable bonds is 2. The molecule has 3 saturated heterocycles. The Labute approximate surface area is 156 Å². The quantitative estimate of drug-likeness (QED) is 0.602. The normalized spacial score (nSPS) is 30.2. The third-order valence-electron chi connectivity index (χ3n) is 5.81. The highest BCUT2D eigenvalue weighted by molar-refractivity contribution is 6.23. The molecule has 0 saturated carbocycles. The number of imide groups is 1. The van der Waals surface area contributed by atoms with Crippen LogP contribution in [0.3, 0.4) is 0 Å². The topological polar surface area (TPSA) is 66.9 Å². The number of hydrogen-bond donors (Lipinski definition) is 0. The predicted molar refractivity (Wildman–Crippen MR) is 96.6 cm³/mol. The van der Waals surface area contributed by atoms with Crippen molar-refractivity contribution in [2.75, 3.05) is 18.1 Å². The number of hydrogen-bond acceptors (Lipinski definition) is 5. The molecule has 5 rings (SSSR count). The van der Waals surface area contributed by atoms with Gasteiger partial charge in [-0.2, -0.15) is 0 Å². The molecule has 2 aromatic carbocycles. The van der Waals surface area contributed by atoms with Crippen LogP contribution in [-0.4, -0.2) is 41.9 Å². The Morgan fingerprint density at radius 2 is 1.52 bits per heavy atom. The first-order valence-corrected chi connectivity index (χ1v) is 9.07. The maximum atomic E-state index is 13.1. The summed E-state index contributed by atoms with van der Waals surface area (Å²) in [4.78, 5) is 41.9. The van der Waals surface area contributed by atoms with Gasteiger partial charge in [0.05, 0.1) is 23.6 Å². The van der Waals surface area contributed by atoms with Gasteiger partial charge in [-0.25, -0.2) is 4.90 Å². The van der Waals surface area contributed by atoms with Crippen LogP contribution in [-0.2, 0) is 19.1 Å². The van der Waals surface area contributed by atoms with Crippen molar-refractivity contribution in [3.05, 3.63) is 66.2 Å². The highest BCUT2D eigenvalue weighted by Gasteiger charge is 2.62. The van der Waals surface area contributed by atoms with E-state index >= 15 is 0 Å². The fourth-order valence-corrected chi connectivity index (χ4v) is 4.58. The molecule has 0 radical (unpaired) electrons. The van der Waals surface area contributed by atoms with Crippen LogP contribution < -0.4 is 4.90 Å². The minimum atomic E-state index is -0.709. The fourth-order valence-electron chi connectivity index (χ4n) is 4.58. The second-order valence-corrected chi connectivity index (χ2v) is 7.18. The SMILES string of the molecule is O=C1OC[C@@H](c2ccccc2)N2C[C@H]3C(=O)N(c4ccccc4)C(=O)[C@H]3[C@H]12. The van der Waals surface area contributed by atoms with Crippen molar-refractivity contribution in [3.63, 3.8) is 0 Å². The summed E-state index contributed by atoms with van der Waals surface area (Å²) in [5, 5.41) is 0. The van der Waals surface area contributed by atoms with Crippen LogP contribution in [0.4, 0.5) is 5.69 Å². The molecule has 3 aliphatic rings. The maximum absolute atomic E-state index is 13.1. The molecule has 2 aromatic rings. The molecular formula is C21H18N2O4. The van der Waals surface area contributed by atoms with E-state index in [1.165, 1.54) is 4.90 Å². The number of cyclic esters (lactones) is 1. The number of benzene rings is 2. The molecule has 27 heavy (non-hydrogen) atoms.